The summed E-state index contributed by atoms with van der Waals surface area (Å²) in [5.74, 6) is -0.387. The lowest BCUT2D eigenvalue weighted by atomic mass is 10.1. The van der Waals surface area contributed by atoms with Gasteiger partial charge in [-0.05, 0) is 43.3 Å². The molecule has 0 spiro atoms. The summed E-state index contributed by atoms with van der Waals surface area (Å²) in [7, 11) is 0. The smallest absolute Gasteiger partial charge is 0.230 e. The number of aromatic nitrogens is 6. The van der Waals surface area contributed by atoms with E-state index in [0.29, 0.717) is 40.6 Å². The lowest BCUT2D eigenvalue weighted by Gasteiger charge is -2.16. The molecule has 1 aliphatic rings. The molecule has 2 aromatic carbocycles. The lowest BCUT2D eigenvalue weighted by molar-refractivity contribution is -0.122. The predicted octanol–water partition coefficient (Wildman–Crippen LogP) is 3.44. The molecule has 184 valence electrons. The van der Waals surface area contributed by atoms with Gasteiger partial charge in [0.2, 0.25) is 11.8 Å². The highest BCUT2D eigenvalue weighted by Gasteiger charge is 2.35. The van der Waals surface area contributed by atoms with Gasteiger partial charge in [0.25, 0.3) is 0 Å². The Hall–Kier alpha value is -4.93. The SMILES string of the molecule is Cc1cc(NC(=O)C2CC(=O)N(c3ccccc3)C2)n(-c2ncnc3c2cnn3-c2ccc(F)cc2)n1. The number of nitrogens with zero attached hydrogens (tertiary/aromatic N) is 7. The fraction of sp³-hybridized carbons (Fsp3) is 0.154. The lowest BCUT2D eigenvalue weighted by Crippen LogP contribution is -2.28. The first-order chi connectivity index (χ1) is 18.0. The normalized spacial score (nSPS) is 15.5. The Balaban J connectivity index is 1.29. The first-order valence-electron chi connectivity index (χ1n) is 11.7. The second kappa shape index (κ2) is 8.94. The van der Waals surface area contributed by atoms with E-state index in [1.54, 1.807) is 34.0 Å². The molecule has 3 aromatic heterocycles. The van der Waals surface area contributed by atoms with E-state index in [1.165, 1.54) is 23.1 Å². The quantitative estimate of drug-likeness (QED) is 0.399. The van der Waals surface area contributed by atoms with Crippen molar-refractivity contribution >= 4 is 34.4 Å². The number of para-hydroxylation sites is 1. The van der Waals surface area contributed by atoms with Crippen molar-refractivity contribution in [1.82, 2.24) is 29.5 Å². The molecule has 4 heterocycles. The average molecular weight is 497 g/mol. The first kappa shape index (κ1) is 22.5. The Morgan fingerprint density at radius 1 is 1.03 bits per heavy atom. The van der Waals surface area contributed by atoms with Gasteiger partial charge in [0.15, 0.2) is 11.5 Å². The molecule has 1 atom stereocenters. The molecule has 0 saturated carbocycles. The summed E-state index contributed by atoms with van der Waals surface area (Å²) >= 11 is 0. The Bertz CT molecular complexity index is 1630. The van der Waals surface area contributed by atoms with Crippen LogP contribution in [0.3, 0.4) is 0 Å². The minimum Gasteiger partial charge on any atom is -0.312 e. The fourth-order valence-corrected chi connectivity index (χ4v) is 4.49. The third kappa shape index (κ3) is 4.10. The van der Waals surface area contributed by atoms with Crippen LogP contribution >= 0.6 is 0 Å². The Kier molecular flexibility index (Phi) is 5.44. The van der Waals surface area contributed by atoms with Crippen LogP contribution in [0.5, 0.6) is 0 Å². The predicted molar refractivity (Wildman–Crippen MR) is 134 cm³/mol. The summed E-state index contributed by atoms with van der Waals surface area (Å²) in [6.45, 7) is 2.10. The standard InChI is InChI=1S/C26H21FN8O2/c1-16-11-22(31-26(37)17-12-23(36)33(14-17)19-5-3-2-4-6-19)35(32-16)25-21-13-30-34(24(21)28-15-29-25)20-9-7-18(27)8-10-20/h2-11,13,15,17H,12,14H2,1H3,(H,31,37). The second-order valence-corrected chi connectivity index (χ2v) is 8.78. The number of carbonyl (C=O) groups is 2. The van der Waals surface area contributed by atoms with Crippen molar-refractivity contribution in [2.75, 3.05) is 16.8 Å². The van der Waals surface area contributed by atoms with Crippen LogP contribution in [0.15, 0.2) is 73.2 Å². The van der Waals surface area contributed by atoms with E-state index >= 15 is 0 Å². The third-order valence-electron chi connectivity index (χ3n) is 6.26. The molecular weight excluding hydrogens is 475 g/mol. The molecule has 2 amide bonds. The molecule has 11 heteroatoms. The number of amides is 2. The fourth-order valence-electron chi connectivity index (χ4n) is 4.49. The zero-order valence-electron chi connectivity index (χ0n) is 19.7. The summed E-state index contributed by atoms with van der Waals surface area (Å²) in [4.78, 5) is 36.2. The van der Waals surface area contributed by atoms with Crippen LogP contribution < -0.4 is 10.2 Å². The average Bonchev–Trinajstić information content (AvgIpc) is 3.61. The Morgan fingerprint density at radius 2 is 1.81 bits per heavy atom. The van der Waals surface area contributed by atoms with Gasteiger partial charge >= 0.3 is 0 Å². The number of aryl methyl sites for hydroxylation is 1. The van der Waals surface area contributed by atoms with Gasteiger partial charge in [0.1, 0.15) is 18.0 Å². The van der Waals surface area contributed by atoms with Gasteiger partial charge in [-0.3, -0.25) is 9.59 Å². The van der Waals surface area contributed by atoms with Gasteiger partial charge in [-0.1, -0.05) is 18.2 Å². The van der Waals surface area contributed by atoms with Crippen LogP contribution in [0.25, 0.3) is 22.5 Å². The molecular formula is C26H21FN8O2. The Labute approximate surface area is 210 Å². The maximum absolute atomic E-state index is 13.4. The van der Waals surface area contributed by atoms with Gasteiger partial charge in [-0.2, -0.15) is 14.9 Å². The second-order valence-electron chi connectivity index (χ2n) is 8.78. The zero-order valence-corrected chi connectivity index (χ0v) is 19.7. The minimum absolute atomic E-state index is 0.0956. The molecule has 37 heavy (non-hydrogen) atoms. The highest BCUT2D eigenvalue weighted by molar-refractivity contribution is 6.03. The van der Waals surface area contributed by atoms with Crippen LogP contribution in [-0.2, 0) is 9.59 Å². The monoisotopic (exact) mass is 496 g/mol. The number of halogens is 1. The molecule has 1 N–H and O–H groups in total. The van der Waals surface area contributed by atoms with E-state index in [9.17, 15) is 14.0 Å². The van der Waals surface area contributed by atoms with Crippen LogP contribution in [0, 0.1) is 18.7 Å². The van der Waals surface area contributed by atoms with E-state index in [1.807, 2.05) is 37.3 Å². The van der Waals surface area contributed by atoms with Crippen molar-refractivity contribution in [2.45, 2.75) is 13.3 Å². The minimum atomic E-state index is -0.511. The molecule has 1 fully saturated rings. The number of hydrogen-bond donors (Lipinski definition) is 1. The number of fused-ring (bicyclic) bond motifs is 1. The maximum Gasteiger partial charge on any atom is 0.230 e. The zero-order chi connectivity index (χ0) is 25.5. The van der Waals surface area contributed by atoms with E-state index in [0.717, 1.165) is 5.69 Å². The number of anilines is 2. The number of benzene rings is 2. The van der Waals surface area contributed by atoms with Crippen LogP contribution in [0.1, 0.15) is 12.1 Å². The molecule has 0 aliphatic carbocycles. The molecule has 1 saturated heterocycles. The van der Waals surface area contributed by atoms with Crippen molar-refractivity contribution in [2.24, 2.45) is 5.92 Å². The largest absolute Gasteiger partial charge is 0.312 e. The van der Waals surface area contributed by atoms with Gasteiger partial charge in [-0.15, -0.1) is 0 Å². The molecule has 6 rings (SSSR count). The van der Waals surface area contributed by atoms with Crippen LogP contribution in [0.2, 0.25) is 0 Å². The van der Waals surface area contributed by atoms with E-state index < -0.39 is 5.92 Å². The number of nitrogens with one attached hydrogen (secondary N) is 1. The van der Waals surface area contributed by atoms with Gasteiger partial charge in [0.05, 0.1) is 28.9 Å². The van der Waals surface area contributed by atoms with Gasteiger partial charge in [-0.25, -0.2) is 19.0 Å². The summed E-state index contributed by atoms with van der Waals surface area (Å²) in [6.07, 6.45) is 3.11. The molecule has 0 radical (unpaired) electrons. The highest BCUT2D eigenvalue weighted by Crippen LogP contribution is 2.28. The number of hydrogen-bond acceptors (Lipinski definition) is 6. The first-order valence-corrected chi connectivity index (χ1v) is 11.7. The Morgan fingerprint density at radius 3 is 2.59 bits per heavy atom. The van der Waals surface area contributed by atoms with Crippen LogP contribution in [0.4, 0.5) is 15.9 Å². The van der Waals surface area contributed by atoms with Crippen molar-refractivity contribution in [3.05, 3.63) is 84.7 Å². The van der Waals surface area contributed by atoms with Crippen molar-refractivity contribution in [3.8, 4) is 11.5 Å². The van der Waals surface area contributed by atoms with Crippen molar-refractivity contribution < 1.29 is 14.0 Å². The molecule has 1 unspecified atom stereocenters. The molecule has 0 bridgehead atoms. The number of carbonyl (C=O) groups excluding carboxylic acids is 2. The van der Waals surface area contributed by atoms with E-state index in [-0.39, 0.29) is 24.1 Å². The summed E-state index contributed by atoms with van der Waals surface area (Å²) in [6, 6.07) is 16.9. The third-order valence-corrected chi connectivity index (χ3v) is 6.26. The summed E-state index contributed by atoms with van der Waals surface area (Å²) in [5.41, 5.74) is 2.58. The van der Waals surface area contributed by atoms with Gasteiger partial charge in [0, 0.05) is 24.7 Å². The topological polar surface area (TPSA) is 111 Å². The highest BCUT2D eigenvalue weighted by atomic mass is 19.1. The molecule has 1 aliphatic heterocycles. The van der Waals surface area contributed by atoms with E-state index in [4.69, 9.17) is 0 Å². The molecule has 5 aromatic rings. The van der Waals surface area contributed by atoms with Gasteiger partial charge < -0.3 is 10.2 Å². The van der Waals surface area contributed by atoms with Crippen molar-refractivity contribution in [1.29, 1.82) is 0 Å². The summed E-state index contributed by atoms with van der Waals surface area (Å²) < 4.78 is 16.5. The van der Waals surface area contributed by atoms with E-state index in [2.05, 4.69) is 25.5 Å². The van der Waals surface area contributed by atoms with Crippen LogP contribution in [-0.4, -0.2) is 47.9 Å². The number of rotatable bonds is 5. The van der Waals surface area contributed by atoms with Crippen molar-refractivity contribution in [3.63, 3.8) is 0 Å². The molecule has 10 nitrogen and oxygen atoms in total. The maximum atomic E-state index is 13.4. The summed E-state index contributed by atoms with van der Waals surface area (Å²) in [5, 5.41) is 12.5.